The second kappa shape index (κ2) is 12.3. The quantitative estimate of drug-likeness (QED) is 0.108. The zero-order valence-corrected chi connectivity index (χ0v) is 20.6. The molecule has 0 unspecified atom stereocenters. The molecule has 0 saturated heterocycles. The summed E-state index contributed by atoms with van der Waals surface area (Å²) >= 11 is 0. The number of amides is 3. The van der Waals surface area contributed by atoms with Crippen LogP contribution in [0.3, 0.4) is 0 Å². The number of methoxy groups -OCH3 is 1. The van der Waals surface area contributed by atoms with Gasteiger partial charge in [-0.05, 0) is 24.1 Å². The average Bonchev–Trinajstić information content (AvgIpc) is 3.22. The van der Waals surface area contributed by atoms with Crippen molar-refractivity contribution in [1.82, 2.24) is 19.9 Å². The van der Waals surface area contributed by atoms with Crippen LogP contribution in [0.4, 0.5) is 10.7 Å². The fraction of sp³-hybridized carbons (Fsp3) is 0.250. The third kappa shape index (κ3) is 6.67. The number of ether oxygens (including phenoxy) is 2. The zero-order chi connectivity index (χ0) is 26.9. The number of hydrogen-bond acceptors (Lipinski definition) is 9. The van der Waals surface area contributed by atoms with E-state index in [9.17, 15) is 14.4 Å². The van der Waals surface area contributed by atoms with Crippen LogP contribution >= 0.6 is 0 Å². The molecule has 13 heteroatoms. The van der Waals surface area contributed by atoms with Crippen molar-refractivity contribution in [2.45, 2.75) is 19.6 Å². The highest BCUT2D eigenvalue weighted by molar-refractivity contribution is 6.04. The maximum atomic E-state index is 12.7. The summed E-state index contributed by atoms with van der Waals surface area (Å²) in [6.45, 7) is 0.750. The first-order valence-corrected chi connectivity index (χ1v) is 11.3. The molecule has 0 aliphatic carbocycles. The molecular formula is C24H30N8O5. The van der Waals surface area contributed by atoms with Gasteiger partial charge in [0.25, 0.3) is 5.91 Å². The predicted octanol–water partition coefficient (Wildman–Crippen LogP) is 1.00. The van der Waals surface area contributed by atoms with Crippen LogP contribution in [-0.4, -0.2) is 53.2 Å². The third-order valence-electron chi connectivity index (χ3n) is 5.35. The second-order valence-electron chi connectivity index (χ2n) is 7.96. The van der Waals surface area contributed by atoms with E-state index in [2.05, 4.69) is 15.6 Å². The van der Waals surface area contributed by atoms with Crippen molar-refractivity contribution in [3.05, 3.63) is 65.5 Å². The molecule has 0 spiro atoms. The van der Waals surface area contributed by atoms with Gasteiger partial charge in [0, 0.05) is 31.9 Å². The molecule has 3 amide bonds. The molecule has 0 bridgehead atoms. The lowest BCUT2D eigenvalue weighted by Gasteiger charge is -2.16. The summed E-state index contributed by atoms with van der Waals surface area (Å²) in [5, 5.41) is 6.44. The fourth-order valence-corrected chi connectivity index (χ4v) is 3.56. The molecule has 0 fully saturated rings. The summed E-state index contributed by atoms with van der Waals surface area (Å²) in [5.74, 6) is 4.92. The summed E-state index contributed by atoms with van der Waals surface area (Å²) in [6, 6.07) is 12.3. The van der Waals surface area contributed by atoms with Gasteiger partial charge in [0.2, 0.25) is 11.9 Å². The van der Waals surface area contributed by atoms with Gasteiger partial charge in [-0.15, -0.1) is 0 Å². The highest BCUT2D eigenvalue weighted by atomic mass is 16.5. The number of carbonyl (C=O) groups excluding carboxylic acids is 3. The molecule has 0 aliphatic heterocycles. The highest BCUT2D eigenvalue weighted by Gasteiger charge is 2.21. The molecule has 196 valence electrons. The van der Waals surface area contributed by atoms with Gasteiger partial charge >= 0.3 is 6.09 Å². The summed E-state index contributed by atoms with van der Waals surface area (Å²) in [4.78, 5) is 41.0. The van der Waals surface area contributed by atoms with Gasteiger partial charge in [-0.2, -0.15) is 0 Å². The lowest BCUT2D eigenvalue weighted by Crippen LogP contribution is -2.34. The molecular weight excluding hydrogens is 480 g/mol. The first-order chi connectivity index (χ1) is 17.7. The van der Waals surface area contributed by atoms with E-state index in [1.54, 1.807) is 4.57 Å². The Balaban J connectivity index is 1.78. The summed E-state index contributed by atoms with van der Waals surface area (Å²) < 4.78 is 12.4. The molecule has 8 N–H and O–H groups in total. The Hall–Kier alpha value is -4.78. The number of nitrogens with one attached hydrogen (secondary N) is 2. The monoisotopic (exact) mass is 510 g/mol. The number of alkyl carbamates (subject to hydrolysis) is 1. The van der Waals surface area contributed by atoms with Gasteiger partial charge in [-0.3, -0.25) is 14.9 Å². The minimum absolute atomic E-state index is 0.00576. The highest BCUT2D eigenvalue weighted by Crippen LogP contribution is 2.31. The predicted molar refractivity (Wildman–Crippen MR) is 137 cm³/mol. The molecule has 13 nitrogen and oxygen atoms in total. The Morgan fingerprint density at radius 2 is 1.92 bits per heavy atom. The number of likely N-dealkylation sites (N-methyl/N-ethyl adjacent to an activating group) is 1. The minimum Gasteiger partial charge on any atom is -0.494 e. The number of rotatable bonds is 11. The Morgan fingerprint density at radius 3 is 2.54 bits per heavy atom. The number of benzene rings is 2. The number of carbonyl (C=O) groups is 3. The van der Waals surface area contributed by atoms with E-state index < -0.39 is 17.9 Å². The minimum atomic E-state index is -0.656. The van der Waals surface area contributed by atoms with Crippen molar-refractivity contribution in [2.75, 3.05) is 26.0 Å². The zero-order valence-electron chi connectivity index (χ0n) is 20.6. The lowest BCUT2D eigenvalue weighted by atomic mass is 10.1. The van der Waals surface area contributed by atoms with Gasteiger partial charge in [-0.25, -0.2) is 15.6 Å². The number of anilines is 1. The summed E-state index contributed by atoms with van der Waals surface area (Å²) in [6.07, 6.45) is 0.963. The van der Waals surface area contributed by atoms with Crippen molar-refractivity contribution in [3.63, 3.8) is 0 Å². The molecule has 0 aliphatic rings. The van der Waals surface area contributed by atoms with Crippen LogP contribution in [0, 0.1) is 0 Å². The average molecular weight is 511 g/mol. The van der Waals surface area contributed by atoms with Crippen LogP contribution in [0.2, 0.25) is 0 Å². The topological polar surface area (TPSA) is 193 Å². The standard InChI is InChI=1S/C24H30N8O5/c1-31(27)18(13-25)22(34)30-23-29-17-11-16(21(26)33)12-19(36-2)20(17)32(23)10-6-9-28-24(35)37-14-15-7-4-3-5-8-15/h3-5,7-8,11-13H,6,9-10,14,25,27H2,1-2H3,(H2,26,33)(H,28,35)(H,29,30,34)/b18-13-. The summed E-state index contributed by atoms with van der Waals surface area (Å²) in [7, 11) is 2.91. The number of nitrogens with two attached hydrogens (primary N) is 3. The van der Waals surface area contributed by atoms with Crippen LogP contribution in [0.15, 0.2) is 54.4 Å². The van der Waals surface area contributed by atoms with Crippen molar-refractivity contribution < 1.29 is 23.9 Å². The van der Waals surface area contributed by atoms with E-state index >= 15 is 0 Å². The van der Waals surface area contributed by atoms with Crippen LogP contribution in [0.25, 0.3) is 11.0 Å². The number of hydrazine groups is 1. The van der Waals surface area contributed by atoms with E-state index in [4.69, 9.17) is 26.8 Å². The van der Waals surface area contributed by atoms with Crippen molar-refractivity contribution in [3.8, 4) is 5.75 Å². The number of aromatic nitrogens is 2. The van der Waals surface area contributed by atoms with E-state index in [1.807, 2.05) is 30.3 Å². The number of primary amides is 1. The first-order valence-electron chi connectivity index (χ1n) is 11.3. The van der Waals surface area contributed by atoms with Crippen molar-refractivity contribution in [2.24, 2.45) is 17.3 Å². The molecule has 2 aromatic carbocycles. The molecule has 1 aromatic heterocycles. The van der Waals surface area contributed by atoms with Gasteiger partial charge < -0.3 is 35.8 Å². The maximum Gasteiger partial charge on any atom is 0.407 e. The van der Waals surface area contributed by atoms with Crippen LogP contribution in [0.5, 0.6) is 5.75 Å². The van der Waals surface area contributed by atoms with E-state index in [-0.39, 0.29) is 30.4 Å². The molecule has 0 radical (unpaired) electrons. The fourth-order valence-electron chi connectivity index (χ4n) is 3.56. The Morgan fingerprint density at radius 1 is 1.19 bits per heavy atom. The van der Waals surface area contributed by atoms with Crippen molar-refractivity contribution >= 4 is 34.9 Å². The number of hydrogen-bond donors (Lipinski definition) is 5. The number of fused-ring (bicyclic) bond motifs is 1. The normalized spacial score (nSPS) is 11.2. The lowest BCUT2D eigenvalue weighted by molar-refractivity contribution is -0.114. The van der Waals surface area contributed by atoms with Crippen LogP contribution < -0.4 is 32.7 Å². The molecule has 0 atom stereocenters. The molecule has 0 saturated carbocycles. The number of aryl methyl sites for hydroxylation is 1. The SMILES string of the molecule is COc1cc(C(N)=O)cc2nc(NC(=O)/C(=C/N)N(C)N)n(CCCNC(=O)OCc3ccccc3)c12. The second-order valence-corrected chi connectivity index (χ2v) is 7.96. The van der Waals surface area contributed by atoms with Gasteiger partial charge in [0.15, 0.2) is 0 Å². The maximum absolute atomic E-state index is 12.7. The third-order valence-corrected chi connectivity index (χ3v) is 5.35. The summed E-state index contributed by atoms with van der Waals surface area (Å²) in [5.41, 5.74) is 12.9. The van der Waals surface area contributed by atoms with Gasteiger partial charge in [0.05, 0.1) is 12.6 Å². The van der Waals surface area contributed by atoms with Crippen LogP contribution in [-0.2, 0) is 22.7 Å². The Kier molecular flexibility index (Phi) is 8.89. The van der Waals surface area contributed by atoms with Crippen LogP contribution in [0.1, 0.15) is 22.3 Å². The Bertz CT molecular complexity index is 1300. The number of nitrogens with zero attached hydrogens (tertiary/aromatic N) is 3. The largest absolute Gasteiger partial charge is 0.494 e. The van der Waals surface area contributed by atoms with E-state index in [1.165, 1.54) is 26.3 Å². The Labute approximate surface area is 213 Å². The molecule has 37 heavy (non-hydrogen) atoms. The molecule has 1 heterocycles. The molecule has 3 aromatic rings. The first kappa shape index (κ1) is 26.8. The number of imidazole rings is 1. The van der Waals surface area contributed by atoms with E-state index in [0.717, 1.165) is 16.8 Å². The van der Waals surface area contributed by atoms with Gasteiger partial charge in [0.1, 0.15) is 23.6 Å². The smallest absolute Gasteiger partial charge is 0.407 e. The van der Waals surface area contributed by atoms with Gasteiger partial charge in [-0.1, -0.05) is 30.3 Å². The van der Waals surface area contributed by atoms with E-state index in [0.29, 0.717) is 29.7 Å². The van der Waals surface area contributed by atoms with Crippen molar-refractivity contribution in [1.29, 1.82) is 0 Å². The molecule has 3 rings (SSSR count).